The topological polar surface area (TPSA) is 141 Å². The van der Waals surface area contributed by atoms with Gasteiger partial charge in [-0.1, -0.05) is 23.5 Å². The largest absolute Gasteiger partial charge is 0.508 e. The number of amides is 2. The molecule has 2 heterocycles. The van der Waals surface area contributed by atoms with Crippen LogP contribution in [0.4, 0.5) is 5.13 Å². The number of phenols is 1. The third-order valence-corrected chi connectivity index (χ3v) is 7.06. The van der Waals surface area contributed by atoms with Crippen molar-refractivity contribution in [2.24, 2.45) is 0 Å². The number of aromatic nitrogens is 1. The molecule has 10 nitrogen and oxygen atoms in total. The fourth-order valence-electron chi connectivity index (χ4n) is 3.52. The Morgan fingerprint density at radius 3 is 2.62 bits per heavy atom. The molecule has 192 valence electrons. The van der Waals surface area contributed by atoms with Crippen LogP contribution in [0.5, 0.6) is 5.75 Å². The number of anilines is 1. The molecule has 0 unspecified atom stereocenters. The number of benzene rings is 2. The number of hydrogen-bond acceptors (Lipinski definition) is 8. The third-order valence-electron chi connectivity index (χ3n) is 5.40. The smallest absolute Gasteiger partial charge is 0.352 e. The van der Waals surface area contributed by atoms with Gasteiger partial charge in [0.05, 0.1) is 23.7 Å². The van der Waals surface area contributed by atoms with Crippen LogP contribution in [0.2, 0.25) is 0 Å². The summed E-state index contributed by atoms with van der Waals surface area (Å²) in [7, 11) is 0. The number of thiazole rings is 1. The number of carbonyl (C=O) groups excluding carboxylic acids is 2. The van der Waals surface area contributed by atoms with E-state index in [4.69, 9.17) is 4.74 Å². The molecule has 0 radical (unpaired) electrons. The van der Waals surface area contributed by atoms with E-state index in [-0.39, 0.29) is 29.5 Å². The second kappa shape index (κ2) is 12.0. The van der Waals surface area contributed by atoms with Crippen molar-refractivity contribution in [3.8, 4) is 5.75 Å². The van der Waals surface area contributed by atoms with Gasteiger partial charge in [-0.05, 0) is 57.9 Å². The monoisotopic (exact) mass is 586 g/mol. The maximum absolute atomic E-state index is 12.8. The van der Waals surface area contributed by atoms with E-state index in [1.165, 1.54) is 41.7 Å². The van der Waals surface area contributed by atoms with Crippen LogP contribution in [0.1, 0.15) is 31.2 Å². The third kappa shape index (κ3) is 6.94. The molecule has 0 bridgehead atoms. The van der Waals surface area contributed by atoms with Crippen molar-refractivity contribution in [2.75, 3.05) is 31.2 Å². The lowest BCUT2D eigenvalue weighted by Crippen LogP contribution is -2.36. The maximum Gasteiger partial charge on any atom is 0.352 e. The highest BCUT2D eigenvalue weighted by Crippen LogP contribution is 2.25. The highest BCUT2D eigenvalue weighted by atomic mass is 79.9. The van der Waals surface area contributed by atoms with E-state index >= 15 is 0 Å². The average molecular weight is 587 g/mol. The highest BCUT2D eigenvalue weighted by Gasteiger charge is 2.19. The number of rotatable bonds is 8. The number of halogens is 1. The van der Waals surface area contributed by atoms with Crippen LogP contribution in [0, 0.1) is 0 Å². The Morgan fingerprint density at radius 2 is 1.92 bits per heavy atom. The van der Waals surface area contributed by atoms with Crippen molar-refractivity contribution in [2.45, 2.75) is 6.54 Å². The van der Waals surface area contributed by atoms with Gasteiger partial charge in [0.2, 0.25) is 0 Å². The molecule has 1 aromatic heterocycles. The zero-order chi connectivity index (χ0) is 26.4. The predicted molar refractivity (Wildman–Crippen MR) is 142 cm³/mol. The fraction of sp³-hybridized carbons (Fsp3) is 0.200. The lowest BCUT2D eigenvalue weighted by atomic mass is 10.1. The Labute approximate surface area is 224 Å². The number of phenolic OH excluding ortho intramolecular Hbond substituents is 1. The SMILES string of the molecule is O=C(O)C(=Cc1cnc(N2CCOCC2)s1)NC(=O)c1ccc(C(=O)NCc2cccc(O)c2)cc1Br. The van der Waals surface area contributed by atoms with Gasteiger partial charge < -0.3 is 30.5 Å². The number of carboxylic acid groups (broad SMARTS) is 1. The molecule has 1 aliphatic rings. The first-order chi connectivity index (χ1) is 17.8. The first-order valence-electron chi connectivity index (χ1n) is 11.2. The number of carbonyl (C=O) groups is 3. The summed E-state index contributed by atoms with van der Waals surface area (Å²) in [6.45, 7) is 2.83. The van der Waals surface area contributed by atoms with Crippen molar-refractivity contribution in [3.63, 3.8) is 0 Å². The van der Waals surface area contributed by atoms with E-state index in [2.05, 4.69) is 36.4 Å². The summed E-state index contributed by atoms with van der Waals surface area (Å²) in [6.07, 6.45) is 2.92. The van der Waals surface area contributed by atoms with Crippen LogP contribution in [0.25, 0.3) is 6.08 Å². The van der Waals surface area contributed by atoms with E-state index in [1.807, 2.05) is 0 Å². The van der Waals surface area contributed by atoms with Crippen LogP contribution < -0.4 is 15.5 Å². The van der Waals surface area contributed by atoms with Crippen molar-refractivity contribution in [1.29, 1.82) is 0 Å². The average Bonchev–Trinajstić information content (AvgIpc) is 3.36. The molecular weight excluding hydrogens is 564 g/mol. The van der Waals surface area contributed by atoms with Crippen molar-refractivity contribution >= 4 is 56.3 Å². The minimum absolute atomic E-state index is 0.104. The van der Waals surface area contributed by atoms with Gasteiger partial charge in [0, 0.05) is 35.9 Å². The number of nitrogens with zero attached hydrogens (tertiary/aromatic N) is 2. The van der Waals surface area contributed by atoms with Gasteiger partial charge in [-0.25, -0.2) is 9.78 Å². The van der Waals surface area contributed by atoms with Gasteiger partial charge in [0.15, 0.2) is 5.13 Å². The van der Waals surface area contributed by atoms with Gasteiger partial charge in [-0.2, -0.15) is 0 Å². The first-order valence-corrected chi connectivity index (χ1v) is 12.8. The zero-order valence-corrected chi connectivity index (χ0v) is 21.8. The molecule has 1 saturated heterocycles. The van der Waals surface area contributed by atoms with E-state index in [0.29, 0.717) is 41.2 Å². The second-order valence-corrected chi connectivity index (χ2v) is 9.90. The number of aliphatic carboxylic acids is 1. The number of aromatic hydroxyl groups is 1. The molecule has 3 aromatic rings. The molecule has 2 amide bonds. The van der Waals surface area contributed by atoms with Gasteiger partial charge in [-0.3, -0.25) is 9.59 Å². The van der Waals surface area contributed by atoms with E-state index in [1.54, 1.807) is 24.4 Å². The van der Waals surface area contributed by atoms with Crippen LogP contribution in [-0.4, -0.2) is 59.3 Å². The lowest BCUT2D eigenvalue weighted by molar-refractivity contribution is -0.132. The van der Waals surface area contributed by atoms with E-state index < -0.39 is 11.9 Å². The number of nitrogens with one attached hydrogen (secondary N) is 2. The number of ether oxygens (including phenoxy) is 1. The summed E-state index contributed by atoms with van der Waals surface area (Å²) >= 11 is 4.62. The lowest BCUT2D eigenvalue weighted by Gasteiger charge is -2.25. The van der Waals surface area contributed by atoms with Gasteiger partial charge in [-0.15, -0.1) is 0 Å². The molecule has 2 aromatic carbocycles. The zero-order valence-electron chi connectivity index (χ0n) is 19.4. The molecule has 0 atom stereocenters. The summed E-state index contributed by atoms with van der Waals surface area (Å²) < 4.78 is 5.66. The van der Waals surface area contributed by atoms with Crippen LogP contribution in [-0.2, 0) is 16.1 Å². The minimum Gasteiger partial charge on any atom is -0.508 e. The van der Waals surface area contributed by atoms with Crippen LogP contribution >= 0.6 is 27.3 Å². The van der Waals surface area contributed by atoms with E-state index in [0.717, 1.165) is 10.7 Å². The summed E-state index contributed by atoms with van der Waals surface area (Å²) in [5, 5.41) is 25.1. The van der Waals surface area contributed by atoms with Crippen LogP contribution in [0.3, 0.4) is 0 Å². The Hall–Kier alpha value is -3.74. The fourth-order valence-corrected chi connectivity index (χ4v) is 4.99. The Balaban J connectivity index is 1.42. The second-order valence-electron chi connectivity index (χ2n) is 8.01. The number of morpholine rings is 1. The molecular formula is C25H23BrN4O6S. The minimum atomic E-state index is -1.30. The summed E-state index contributed by atoms with van der Waals surface area (Å²) in [5.41, 5.74) is 0.893. The molecule has 0 spiro atoms. The Morgan fingerprint density at radius 1 is 1.14 bits per heavy atom. The summed E-state index contributed by atoms with van der Waals surface area (Å²) in [6, 6.07) is 10.9. The number of hydrogen-bond donors (Lipinski definition) is 4. The normalized spacial score (nSPS) is 13.8. The molecule has 12 heteroatoms. The first kappa shape index (κ1) is 26.3. The molecule has 1 fully saturated rings. The van der Waals surface area contributed by atoms with Crippen molar-refractivity contribution < 1.29 is 29.3 Å². The van der Waals surface area contributed by atoms with E-state index in [9.17, 15) is 24.6 Å². The molecule has 0 aliphatic carbocycles. The van der Waals surface area contributed by atoms with Gasteiger partial charge >= 0.3 is 5.97 Å². The van der Waals surface area contributed by atoms with Gasteiger partial charge in [0.25, 0.3) is 11.8 Å². The predicted octanol–water partition coefficient (Wildman–Crippen LogP) is 3.23. The van der Waals surface area contributed by atoms with Crippen LogP contribution in [0.15, 0.2) is 58.8 Å². The molecule has 1 aliphatic heterocycles. The number of carboxylic acids is 1. The molecule has 4 rings (SSSR count). The van der Waals surface area contributed by atoms with Gasteiger partial charge in [0.1, 0.15) is 11.4 Å². The quantitative estimate of drug-likeness (QED) is 0.295. The summed E-state index contributed by atoms with van der Waals surface area (Å²) in [4.78, 5) is 44.2. The summed E-state index contributed by atoms with van der Waals surface area (Å²) in [5.74, 6) is -2.21. The highest BCUT2D eigenvalue weighted by molar-refractivity contribution is 9.10. The maximum atomic E-state index is 12.8. The molecule has 0 saturated carbocycles. The Kier molecular flexibility index (Phi) is 8.54. The van der Waals surface area contributed by atoms with Crippen molar-refractivity contribution in [3.05, 3.63) is 80.4 Å². The standard InChI is InChI=1S/C25H23BrN4O6S/c26-20-11-16(22(32)27-13-15-2-1-3-17(31)10-15)4-5-19(20)23(33)29-21(24(34)35)12-18-14-28-25(37-18)30-6-8-36-9-7-30/h1-5,10-12,14,31H,6-9,13H2,(H,27,32)(H,29,33)(H,34,35). The molecule has 37 heavy (non-hydrogen) atoms. The molecule has 4 N–H and O–H groups in total. The Bertz CT molecular complexity index is 1350. The van der Waals surface area contributed by atoms with Crippen molar-refractivity contribution in [1.82, 2.24) is 15.6 Å².